The first kappa shape index (κ1) is 14.9. The van der Waals surface area contributed by atoms with Gasteiger partial charge in [-0.3, -0.25) is 4.79 Å². The van der Waals surface area contributed by atoms with E-state index in [0.717, 1.165) is 6.26 Å². The number of nitrogens with one attached hydrogen (secondary N) is 1. The number of nitrogens with zero attached hydrogens (tertiary/aromatic N) is 1. The standard InChI is InChI=1S/C11H15ClN2O3S/c1-11(2,3)10(15)14-9-7(18(4,16)17)5-6-8(12)13-9/h5-6H,1-4H3,(H,13,14,15). The van der Waals surface area contributed by atoms with E-state index in [0.29, 0.717) is 0 Å². The molecule has 7 heteroatoms. The molecule has 1 rings (SSSR count). The highest BCUT2D eigenvalue weighted by molar-refractivity contribution is 7.90. The summed E-state index contributed by atoms with van der Waals surface area (Å²) in [6.07, 6.45) is 1.05. The van der Waals surface area contributed by atoms with Crippen LogP contribution < -0.4 is 5.32 Å². The molecule has 0 aliphatic carbocycles. The second kappa shape index (κ2) is 4.85. The fourth-order valence-corrected chi connectivity index (χ4v) is 2.02. The van der Waals surface area contributed by atoms with Gasteiger partial charge in [-0.05, 0) is 12.1 Å². The normalized spacial score (nSPS) is 12.3. The Hall–Kier alpha value is -1.14. The zero-order valence-corrected chi connectivity index (χ0v) is 12.2. The Bertz CT molecular complexity index is 576. The number of anilines is 1. The van der Waals surface area contributed by atoms with E-state index in [1.165, 1.54) is 12.1 Å². The first-order chi connectivity index (χ1) is 8.01. The van der Waals surface area contributed by atoms with Crippen molar-refractivity contribution in [3.63, 3.8) is 0 Å². The van der Waals surface area contributed by atoms with Crippen LogP contribution in [0.15, 0.2) is 17.0 Å². The van der Waals surface area contributed by atoms with Crippen molar-refractivity contribution >= 4 is 33.2 Å². The van der Waals surface area contributed by atoms with Crippen LogP contribution in [0.1, 0.15) is 20.8 Å². The third kappa shape index (κ3) is 3.68. The Morgan fingerprint density at radius 1 is 1.33 bits per heavy atom. The van der Waals surface area contributed by atoms with Crippen LogP contribution in [0.4, 0.5) is 5.82 Å². The second-order valence-corrected chi connectivity index (χ2v) is 7.33. The van der Waals surface area contributed by atoms with Crippen LogP contribution >= 0.6 is 11.6 Å². The van der Waals surface area contributed by atoms with Crippen LogP contribution in [0.2, 0.25) is 5.15 Å². The maximum absolute atomic E-state index is 11.8. The number of hydrogen-bond acceptors (Lipinski definition) is 4. The molecule has 5 nitrogen and oxygen atoms in total. The molecule has 0 saturated heterocycles. The number of amides is 1. The van der Waals surface area contributed by atoms with Crippen LogP contribution in [-0.2, 0) is 14.6 Å². The maximum Gasteiger partial charge on any atom is 0.230 e. The number of carbonyl (C=O) groups is 1. The lowest BCUT2D eigenvalue weighted by atomic mass is 9.96. The average Bonchev–Trinajstić information content (AvgIpc) is 2.13. The summed E-state index contributed by atoms with van der Waals surface area (Å²) in [7, 11) is -3.48. The second-order valence-electron chi connectivity index (χ2n) is 4.96. The topological polar surface area (TPSA) is 76.1 Å². The largest absolute Gasteiger partial charge is 0.309 e. The Balaban J connectivity index is 3.24. The predicted octanol–water partition coefficient (Wildman–Crippen LogP) is 2.12. The van der Waals surface area contributed by atoms with Crippen LogP contribution in [0.25, 0.3) is 0 Å². The lowest BCUT2D eigenvalue weighted by Gasteiger charge is -2.18. The molecule has 1 aromatic heterocycles. The Morgan fingerprint density at radius 2 is 1.89 bits per heavy atom. The molecule has 1 heterocycles. The molecule has 0 bridgehead atoms. The summed E-state index contributed by atoms with van der Waals surface area (Å²) in [5.41, 5.74) is -0.654. The highest BCUT2D eigenvalue weighted by atomic mass is 35.5. The number of rotatable bonds is 2. The SMILES string of the molecule is CC(C)(C)C(=O)Nc1nc(Cl)ccc1S(C)(=O)=O. The van der Waals surface area contributed by atoms with E-state index in [-0.39, 0.29) is 21.8 Å². The summed E-state index contributed by atoms with van der Waals surface area (Å²) in [6, 6.07) is 2.69. The van der Waals surface area contributed by atoms with Gasteiger partial charge in [0.05, 0.1) is 0 Å². The van der Waals surface area contributed by atoms with Gasteiger partial charge in [-0.25, -0.2) is 13.4 Å². The molecule has 1 amide bonds. The minimum absolute atomic E-state index is 0.0371. The Labute approximate surface area is 111 Å². The summed E-state index contributed by atoms with van der Waals surface area (Å²) in [5, 5.41) is 2.60. The minimum Gasteiger partial charge on any atom is -0.309 e. The fourth-order valence-electron chi connectivity index (χ4n) is 1.11. The Kier molecular flexibility index (Phi) is 4.02. The summed E-state index contributed by atoms with van der Waals surface area (Å²) in [6.45, 7) is 5.15. The number of hydrogen-bond donors (Lipinski definition) is 1. The van der Waals surface area contributed by atoms with Crippen molar-refractivity contribution in [3.8, 4) is 0 Å². The first-order valence-corrected chi connectivity index (χ1v) is 7.47. The van der Waals surface area contributed by atoms with Gasteiger partial charge in [0.25, 0.3) is 0 Å². The number of sulfone groups is 1. The molecular weight excluding hydrogens is 276 g/mol. The van der Waals surface area contributed by atoms with Crippen LogP contribution in [0.5, 0.6) is 0 Å². The molecule has 1 aromatic rings. The molecule has 0 aliphatic rings. The molecule has 18 heavy (non-hydrogen) atoms. The lowest BCUT2D eigenvalue weighted by molar-refractivity contribution is -0.123. The van der Waals surface area contributed by atoms with Crippen molar-refractivity contribution in [3.05, 3.63) is 17.3 Å². The molecule has 0 fully saturated rings. The molecule has 1 N–H and O–H groups in total. The van der Waals surface area contributed by atoms with Gasteiger partial charge < -0.3 is 5.32 Å². The van der Waals surface area contributed by atoms with Crippen molar-refractivity contribution < 1.29 is 13.2 Å². The van der Waals surface area contributed by atoms with Crippen LogP contribution in [0, 0.1) is 5.41 Å². The number of carbonyl (C=O) groups excluding carboxylic acids is 1. The van der Waals surface area contributed by atoms with E-state index < -0.39 is 15.3 Å². The lowest BCUT2D eigenvalue weighted by Crippen LogP contribution is -2.28. The van der Waals surface area contributed by atoms with Gasteiger partial charge in [-0.15, -0.1) is 0 Å². The van der Waals surface area contributed by atoms with E-state index in [1.54, 1.807) is 20.8 Å². The highest BCUT2D eigenvalue weighted by Crippen LogP contribution is 2.24. The minimum atomic E-state index is -3.48. The van der Waals surface area contributed by atoms with Crippen molar-refractivity contribution in [2.45, 2.75) is 25.7 Å². The van der Waals surface area contributed by atoms with Gasteiger partial charge in [0.1, 0.15) is 10.0 Å². The van der Waals surface area contributed by atoms with Crippen LogP contribution in [-0.4, -0.2) is 25.6 Å². The molecule has 0 aromatic carbocycles. The smallest absolute Gasteiger partial charge is 0.230 e. The van der Waals surface area contributed by atoms with Crippen LogP contribution in [0.3, 0.4) is 0 Å². The van der Waals surface area contributed by atoms with Gasteiger partial charge >= 0.3 is 0 Å². The van der Waals surface area contributed by atoms with E-state index in [9.17, 15) is 13.2 Å². The summed E-state index contributed by atoms with van der Waals surface area (Å²) >= 11 is 5.71. The summed E-state index contributed by atoms with van der Waals surface area (Å²) in [4.78, 5) is 15.6. The highest BCUT2D eigenvalue weighted by Gasteiger charge is 2.24. The predicted molar refractivity (Wildman–Crippen MR) is 70.4 cm³/mol. The molecule has 0 atom stereocenters. The monoisotopic (exact) mass is 290 g/mol. The number of aromatic nitrogens is 1. The molecule has 0 radical (unpaired) electrons. The van der Waals surface area contributed by atoms with Gasteiger partial charge in [0, 0.05) is 11.7 Å². The van der Waals surface area contributed by atoms with Crippen molar-refractivity contribution in [2.24, 2.45) is 5.41 Å². The number of pyridine rings is 1. The van der Waals surface area contributed by atoms with Gasteiger partial charge in [-0.1, -0.05) is 32.4 Å². The first-order valence-electron chi connectivity index (χ1n) is 5.20. The summed E-state index contributed by atoms with van der Waals surface area (Å²) in [5.74, 6) is -0.368. The van der Waals surface area contributed by atoms with E-state index in [4.69, 9.17) is 11.6 Å². The summed E-state index contributed by atoms with van der Waals surface area (Å²) < 4.78 is 23.1. The van der Waals surface area contributed by atoms with Crippen molar-refractivity contribution in [1.29, 1.82) is 0 Å². The molecular formula is C11H15ClN2O3S. The fraction of sp³-hybridized carbons (Fsp3) is 0.455. The van der Waals surface area contributed by atoms with Gasteiger partial charge in [-0.2, -0.15) is 0 Å². The van der Waals surface area contributed by atoms with Crippen molar-refractivity contribution in [2.75, 3.05) is 11.6 Å². The molecule has 0 aliphatic heterocycles. The van der Waals surface area contributed by atoms with E-state index in [1.807, 2.05) is 0 Å². The Morgan fingerprint density at radius 3 is 2.33 bits per heavy atom. The third-order valence-corrected chi connectivity index (χ3v) is 3.48. The maximum atomic E-state index is 11.8. The molecule has 0 spiro atoms. The van der Waals surface area contributed by atoms with Gasteiger partial charge in [0.2, 0.25) is 5.91 Å². The zero-order chi connectivity index (χ0) is 14.1. The van der Waals surface area contributed by atoms with E-state index in [2.05, 4.69) is 10.3 Å². The third-order valence-electron chi connectivity index (χ3n) is 2.14. The van der Waals surface area contributed by atoms with Gasteiger partial charge in [0.15, 0.2) is 15.7 Å². The molecule has 0 unspecified atom stereocenters. The number of halogens is 1. The molecule has 100 valence electrons. The van der Waals surface area contributed by atoms with E-state index >= 15 is 0 Å². The van der Waals surface area contributed by atoms with Crippen molar-refractivity contribution in [1.82, 2.24) is 4.98 Å². The quantitative estimate of drug-likeness (QED) is 0.847. The molecule has 0 saturated carbocycles. The average molecular weight is 291 g/mol. The zero-order valence-electron chi connectivity index (χ0n) is 10.6.